The highest BCUT2D eigenvalue weighted by Gasteiger charge is 2.22. The number of hydrogen-bond acceptors (Lipinski definition) is 6. The van der Waals surface area contributed by atoms with Gasteiger partial charge in [0.05, 0.1) is 0 Å². The molecule has 2 N–H and O–H groups in total. The first-order valence-corrected chi connectivity index (χ1v) is 8.20. The number of hydrogen-bond donors (Lipinski definition) is 2. The summed E-state index contributed by atoms with van der Waals surface area (Å²) in [5.74, 6) is 0.720. The second kappa shape index (κ2) is 8.23. The van der Waals surface area contributed by atoms with Crippen molar-refractivity contribution in [2.75, 3.05) is 24.5 Å². The van der Waals surface area contributed by atoms with Crippen molar-refractivity contribution >= 4 is 12.0 Å². The Bertz CT molecular complexity index is 618. The number of aryl methyl sites for hydroxylation is 1. The molecule has 24 heavy (non-hydrogen) atoms. The molecular weight excluding hydrogens is 308 g/mol. The number of anilines is 1. The summed E-state index contributed by atoms with van der Waals surface area (Å²) in [5.41, 5.74) is 0. The predicted molar refractivity (Wildman–Crippen MR) is 88.4 cm³/mol. The Morgan fingerprint density at radius 2 is 2.21 bits per heavy atom. The minimum Gasteiger partial charge on any atom is -0.339 e. The van der Waals surface area contributed by atoms with Gasteiger partial charge in [0.25, 0.3) is 0 Å². The highest BCUT2D eigenvalue weighted by molar-refractivity contribution is 5.74. The summed E-state index contributed by atoms with van der Waals surface area (Å²) in [7, 11) is 0. The number of carbonyl (C=O) groups is 1. The van der Waals surface area contributed by atoms with Crippen LogP contribution < -0.4 is 15.5 Å². The van der Waals surface area contributed by atoms with Crippen LogP contribution in [-0.2, 0) is 6.54 Å². The quantitative estimate of drug-likeness (QED) is 0.745. The van der Waals surface area contributed by atoms with Gasteiger partial charge in [0.2, 0.25) is 5.95 Å². The Kier molecular flexibility index (Phi) is 5.54. The highest BCUT2D eigenvalue weighted by Crippen LogP contribution is 2.15. The van der Waals surface area contributed by atoms with E-state index in [0.717, 1.165) is 44.8 Å². The van der Waals surface area contributed by atoms with Crippen LogP contribution in [0.3, 0.4) is 0 Å². The van der Waals surface area contributed by atoms with E-state index in [2.05, 4.69) is 35.6 Å². The third-order valence-electron chi connectivity index (χ3n) is 3.91. The molecule has 128 valence electrons. The first-order valence-electron chi connectivity index (χ1n) is 8.20. The summed E-state index contributed by atoms with van der Waals surface area (Å²) >= 11 is 0. The average molecular weight is 330 g/mol. The number of urea groups is 1. The fourth-order valence-corrected chi connectivity index (χ4v) is 2.76. The number of rotatable bonds is 6. The largest absolute Gasteiger partial charge is 0.339 e. The van der Waals surface area contributed by atoms with Crippen LogP contribution in [0.15, 0.2) is 31.1 Å². The Labute approximate surface area is 140 Å². The molecule has 0 aromatic carbocycles. The van der Waals surface area contributed by atoms with E-state index in [0.29, 0.717) is 6.54 Å². The van der Waals surface area contributed by atoms with Crippen molar-refractivity contribution in [3.63, 3.8) is 0 Å². The Hall–Kier alpha value is -2.71. The van der Waals surface area contributed by atoms with Crippen LogP contribution in [-0.4, -0.2) is 56.4 Å². The zero-order valence-corrected chi connectivity index (χ0v) is 13.5. The molecule has 0 spiro atoms. The third-order valence-corrected chi connectivity index (χ3v) is 3.91. The molecule has 9 nitrogen and oxygen atoms in total. The minimum absolute atomic E-state index is 0.109. The van der Waals surface area contributed by atoms with Crippen molar-refractivity contribution in [3.05, 3.63) is 31.1 Å². The van der Waals surface area contributed by atoms with Gasteiger partial charge in [-0.1, -0.05) is 0 Å². The van der Waals surface area contributed by atoms with Gasteiger partial charge in [-0.3, -0.25) is 4.68 Å². The Morgan fingerprint density at radius 3 is 3.00 bits per heavy atom. The SMILES string of the molecule is O=C(NCCCn1cncn1)N[C@H]1CCCN(c2ncccn2)C1. The van der Waals surface area contributed by atoms with E-state index in [1.54, 1.807) is 29.5 Å². The van der Waals surface area contributed by atoms with Crippen molar-refractivity contribution in [1.82, 2.24) is 35.4 Å². The summed E-state index contributed by atoms with van der Waals surface area (Å²) in [6.07, 6.45) is 9.44. The lowest BCUT2D eigenvalue weighted by molar-refractivity contribution is 0.234. The Morgan fingerprint density at radius 1 is 1.33 bits per heavy atom. The molecule has 0 saturated carbocycles. The molecule has 0 unspecified atom stereocenters. The monoisotopic (exact) mass is 330 g/mol. The molecule has 1 atom stereocenters. The molecule has 0 aliphatic carbocycles. The van der Waals surface area contributed by atoms with Crippen molar-refractivity contribution in [2.24, 2.45) is 0 Å². The molecule has 1 aliphatic rings. The molecule has 0 bridgehead atoms. The average Bonchev–Trinajstić information content (AvgIpc) is 3.13. The number of carbonyl (C=O) groups excluding carboxylic acids is 1. The molecule has 9 heteroatoms. The Balaban J connectivity index is 1.38. The van der Waals surface area contributed by atoms with Crippen LogP contribution in [0.25, 0.3) is 0 Å². The summed E-state index contributed by atoms with van der Waals surface area (Å²) in [6, 6.07) is 1.78. The van der Waals surface area contributed by atoms with Crippen molar-refractivity contribution in [2.45, 2.75) is 31.8 Å². The fourth-order valence-electron chi connectivity index (χ4n) is 2.76. The van der Waals surface area contributed by atoms with E-state index in [1.807, 2.05) is 0 Å². The van der Waals surface area contributed by atoms with E-state index in [1.165, 1.54) is 6.33 Å². The molecule has 1 aliphatic heterocycles. The van der Waals surface area contributed by atoms with Crippen molar-refractivity contribution in [1.29, 1.82) is 0 Å². The molecule has 1 saturated heterocycles. The minimum atomic E-state index is -0.130. The van der Waals surface area contributed by atoms with E-state index in [9.17, 15) is 4.79 Å². The normalized spacial score (nSPS) is 17.5. The smallest absolute Gasteiger partial charge is 0.315 e. The summed E-state index contributed by atoms with van der Waals surface area (Å²) in [4.78, 5) is 26.6. The maximum Gasteiger partial charge on any atom is 0.315 e. The lowest BCUT2D eigenvalue weighted by Crippen LogP contribution is -2.51. The van der Waals surface area contributed by atoms with Gasteiger partial charge in [-0.25, -0.2) is 19.7 Å². The van der Waals surface area contributed by atoms with Crippen LogP contribution in [0, 0.1) is 0 Å². The fraction of sp³-hybridized carbons (Fsp3) is 0.533. The first kappa shape index (κ1) is 16.2. The van der Waals surface area contributed by atoms with E-state index in [-0.39, 0.29) is 12.1 Å². The molecule has 0 radical (unpaired) electrons. The van der Waals surface area contributed by atoms with Gasteiger partial charge in [-0.15, -0.1) is 0 Å². The molecule has 2 aromatic rings. The predicted octanol–water partition coefficient (Wildman–Crippen LogP) is 0.426. The third kappa shape index (κ3) is 4.64. The topological polar surface area (TPSA) is 101 Å². The van der Waals surface area contributed by atoms with E-state index >= 15 is 0 Å². The second-order valence-corrected chi connectivity index (χ2v) is 5.75. The second-order valence-electron chi connectivity index (χ2n) is 5.75. The number of amides is 2. The van der Waals surface area contributed by atoms with Gasteiger partial charge >= 0.3 is 6.03 Å². The lowest BCUT2D eigenvalue weighted by Gasteiger charge is -2.33. The number of aromatic nitrogens is 5. The van der Waals surface area contributed by atoms with E-state index < -0.39 is 0 Å². The molecule has 2 amide bonds. The van der Waals surface area contributed by atoms with Crippen molar-refractivity contribution in [3.8, 4) is 0 Å². The van der Waals surface area contributed by atoms with Crippen LogP contribution in [0.4, 0.5) is 10.7 Å². The maximum atomic E-state index is 12.0. The molecule has 3 heterocycles. The molecular formula is C15H22N8O. The van der Waals surface area contributed by atoms with Crippen LogP contribution in [0.1, 0.15) is 19.3 Å². The molecule has 2 aromatic heterocycles. The van der Waals surface area contributed by atoms with Gasteiger partial charge in [0.15, 0.2) is 0 Å². The summed E-state index contributed by atoms with van der Waals surface area (Å²) < 4.78 is 1.75. The lowest BCUT2D eigenvalue weighted by atomic mass is 10.1. The van der Waals surface area contributed by atoms with Gasteiger partial charge in [0, 0.05) is 44.6 Å². The number of nitrogens with zero attached hydrogens (tertiary/aromatic N) is 6. The molecule has 1 fully saturated rings. The number of nitrogens with one attached hydrogen (secondary N) is 2. The van der Waals surface area contributed by atoms with Crippen molar-refractivity contribution < 1.29 is 4.79 Å². The van der Waals surface area contributed by atoms with Gasteiger partial charge < -0.3 is 15.5 Å². The maximum absolute atomic E-state index is 12.0. The van der Waals surface area contributed by atoms with Gasteiger partial charge in [0.1, 0.15) is 12.7 Å². The summed E-state index contributed by atoms with van der Waals surface area (Å²) in [5, 5.41) is 9.94. The van der Waals surface area contributed by atoms with Crippen LogP contribution in [0.5, 0.6) is 0 Å². The van der Waals surface area contributed by atoms with Crippen LogP contribution in [0.2, 0.25) is 0 Å². The van der Waals surface area contributed by atoms with Gasteiger partial charge in [-0.2, -0.15) is 5.10 Å². The van der Waals surface area contributed by atoms with E-state index in [4.69, 9.17) is 0 Å². The summed E-state index contributed by atoms with van der Waals surface area (Å²) in [6.45, 7) is 2.99. The zero-order chi connectivity index (χ0) is 16.6. The number of piperidine rings is 1. The van der Waals surface area contributed by atoms with Crippen LogP contribution >= 0.6 is 0 Å². The first-order chi connectivity index (χ1) is 11.8. The standard InChI is InChI=1S/C15H22N8O/c24-15(19-7-3-9-23-12-16-11-20-23)21-13-4-1-8-22(10-13)14-17-5-2-6-18-14/h2,5-6,11-13H,1,3-4,7-10H2,(H2,19,21,24)/t13-/m0/s1. The highest BCUT2D eigenvalue weighted by atomic mass is 16.2. The zero-order valence-electron chi connectivity index (χ0n) is 13.5. The van der Waals surface area contributed by atoms with Gasteiger partial charge in [-0.05, 0) is 25.3 Å². The molecule has 3 rings (SSSR count).